The van der Waals surface area contributed by atoms with E-state index in [-0.39, 0.29) is 11.1 Å². The lowest BCUT2D eigenvalue weighted by Gasteiger charge is -2.29. The van der Waals surface area contributed by atoms with Crippen molar-refractivity contribution >= 4 is 11.8 Å². The average Bonchev–Trinajstić information content (AvgIpc) is 2.97. The molecule has 1 aliphatic heterocycles. The molecule has 0 amide bonds. The molecule has 0 saturated heterocycles. The van der Waals surface area contributed by atoms with Crippen LogP contribution in [-0.2, 0) is 4.74 Å². The number of nitro groups is 1. The molecule has 0 fully saturated rings. The van der Waals surface area contributed by atoms with Gasteiger partial charge in [0.25, 0.3) is 0 Å². The summed E-state index contributed by atoms with van der Waals surface area (Å²) in [7, 11) is 0. The molecule has 1 aliphatic rings. The Morgan fingerprint density at radius 3 is 2.04 bits per heavy atom. The van der Waals surface area contributed by atoms with E-state index >= 15 is 0 Å². The van der Waals surface area contributed by atoms with Gasteiger partial charge in [-0.25, -0.2) is 0 Å². The zero-order chi connectivity index (χ0) is 16.3. The number of hydrogen-bond donors (Lipinski definition) is 1. The third-order valence-corrected chi connectivity index (χ3v) is 4.67. The minimum atomic E-state index is -1.14. The molecule has 23 heavy (non-hydrogen) atoms. The number of nitrogens with zero attached hydrogens (tertiary/aromatic N) is 1. The van der Waals surface area contributed by atoms with E-state index < -0.39 is 9.98 Å². The van der Waals surface area contributed by atoms with E-state index in [1.165, 1.54) is 6.08 Å². The van der Waals surface area contributed by atoms with Gasteiger partial charge in [0.1, 0.15) is 6.10 Å². The standard InChI is InChI=1S/C17H16N2O3S/c18-17(12-11-15(23-17)19(20)21)22-16(13-7-3-1-4-8-13)14-9-5-2-6-10-14/h1-11,16H,12,18H2. The lowest BCUT2D eigenvalue weighted by Crippen LogP contribution is -2.38. The van der Waals surface area contributed by atoms with E-state index in [2.05, 4.69) is 0 Å². The SMILES string of the molecule is NC1(OC(c2ccccc2)c2ccccc2)CC=C([N+](=O)[O-])S1. The maximum absolute atomic E-state index is 10.9. The van der Waals surface area contributed by atoms with Crippen molar-refractivity contribution in [3.63, 3.8) is 0 Å². The van der Waals surface area contributed by atoms with Crippen LogP contribution in [0, 0.1) is 10.1 Å². The summed E-state index contributed by atoms with van der Waals surface area (Å²) in [5.74, 6) is 0. The van der Waals surface area contributed by atoms with Crippen molar-refractivity contribution in [3.05, 3.63) is 93.0 Å². The van der Waals surface area contributed by atoms with Crippen LogP contribution in [0.4, 0.5) is 0 Å². The van der Waals surface area contributed by atoms with Gasteiger partial charge < -0.3 is 4.74 Å². The van der Waals surface area contributed by atoms with Gasteiger partial charge in [-0.3, -0.25) is 15.8 Å². The highest BCUT2D eigenvalue weighted by molar-refractivity contribution is 8.04. The molecule has 0 bridgehead atoms. The Bertz CT molecular complexity index is 682. The Morgan fingerprint density at radius 1 is 1.09 bits per heavy atom. The first-order valence-corrected chi connectivity index (χ1v) is 7.99. The summed E-state index contributed by atoms with van der Waals surface area (Å²) in [6.45, 7) is 0. The van der Waals surface area contributed by atoms with Gasteiger partial charge in [0, 0.05) is 12.5 Å². The van der Waals surface area contributed by atoms with Gasteiger partial charge in [-0.05, 0) is 22.9 Å². The molecule has 0 aliphatic carbocycles. The highest BCUT2D eigenvalue weighted by Gasteiger charge is 2.40. The van der Waals surface area contributed by atoms with Crippen molar-refractivity contribution < 1.29 is 9.66 Å². The summed E-state index contributed by atoms with van der Waals surface area (Å²) < 4.78 is 6.14. The summed E-state index contributed by atoms with van der Waals surface area (Å²) in [4.78, 5) is 10.5. The second-order valence-corrected chi connectivity index (χ2v) is 6.55. The molecule has 118 valence electrons. The summed E-state index contributed by atoms with van der Waals surface area (Å²) in [6, 6.07) is 19.4. The molecule has 0 aromatic heterocycles. The summed E-state index contributed by atoms with van der Waals surface area (Å²) in [5.41, 5.74) is 8.16. The Kier molecular flexibility index (Phi) is 4.47. The molecule has 2 N–H and O–H groups in total. The number of rotatable bonds is 5. The lowest BCUT2D eigenvalue weighted by molar-refractivity contribution is -0.410. The van der Waals surface area contributed by atoms with Crippen LogP contribution in [-0.4, -0.2) is 9.98 Å². The molecule has 0 radical (unpaired) electrons. The van der Waals surface area contributed by atoms with Crippen LogP contribution in [0.15, 0.2) is 71.8 Å². The maximum Gasteiger partial charge on any atom is 0.303 e. The molecule has 2 aromatic carbocycles. The molecule has 2 aromatic rings. The van der Waals surface area contributed by atoms with Crippen LogP contribution in [0.2, 0.25) is 0 Å². The van der Waals surface area contributed by atoms with E-state index in [0.29, 0.717) is 6.42 Å². The Hall–Kier alpha value is -2.15. The molecule has 3 rings (SSSR count). The lowest BCUT2D eigenvalue weighted by atomic mass is 10.0. The van der Waals surface area contributed by atoms with Crippen molar-refractivity contribution in [2.45, 2.75) is 17.6 Å². The van der Waals surface area contributed by atoms with Gasteiger partial charge in [-0.15, -0.1) is 0 Å². The molecular formula is C17H16N2O3S. The van der Waals surface area contributed by atoms with Crippen molar-refractivity contribution in [2.75, 3.05) is 0 Å². The third kappa shape index (κ3) is 3.61. The van der Waals surface area contributed by atoms with Crippen LogP contribution in [0.3, 0.4) is 0 Å². The number of nitrogens with two attached hydrogens (primary N) is 1. The van der Waals surface area contributed by atoms with Crippen LogP contribution >= 0.6 is 11.8 Å². The molecule has 6 heteroatoms. The Morgan fingerprint density at radius 2 is 1.61 bits per heavy atom. The number of thioether (sulfide) groups is 1. The van der Waals surface area contributed by atoms with Gasteiger partial charge >= 0.3 is 5.03 Å². The zero-order valence-electron chi connectivity index (χ0n) is 12.3. The van der Waals surface area contributed by atoms with Crippen LogP contribution < -0.4 is 5.73 Å². The fourth-order valence-electron chi connectivity index (χ4n) is 2.46. The number of hydrogen-bond acceptors (Lipinski definition) is 5. The van der Waals surface area contributed by atoms with Gasteiger partial charge in [0.2, 0.25) is 0 Å². The second kappa shape index (κ2) is 6.54. The summed E-state index contributed by atoms with van der Waals surface area (Å²) >= 11 is 0.956. The van der Waals surface area contributed by atoms with Crippen molar-refractivity contribution in [1.82, 2.24) is 0 Å². The first-order valence-electron chi connectivity index (χ1n) is 7.17. The first-order chi connectivity index (χ1) is 11.1. The molecule has 5 nitrogen and oxygen atoms in total. The summed E-state index contributed by atoms with van der Waals surface area (Å²) in [6.07, 6.45) is 1.43. The normalized spacial score (nSPS) is 20.5. The van der Waals surface area contributed by atoms with Crippen molar-refractivity contribution in [2.24, 2.45) is 5.73 Å². The van der Waals surface area contributed by atoms with Gasteiger partial charge in [-0.2, -0.15) is 0 Å². The van der Waals surface area contributed by atoms with Crippen LogP contribution in [0.5, 0.6) is 0 Å². The first kappa shape index (κ1) is 15.7. The quantitative estimate of drug-likeness (QED) is 0.515. The minimum absolute atomic E-state index is 0.0346. The van der Waals surface area contributed by atoms with E-state index in [1.807, 2.05) is 60.7 Å². The summed E-state index contributed by atoms with van der Waals surface area (Å²) in [5, 5.41) is 9.81. The van der Waals surface area contributed by atoms with Crippen molar-refractivity contribution in [3.8, 4) is 0 Å². The molecular weight excluding hydrogens is 312 g/mol. The number of benzene rings is 2. The molecule has 0 saturated carbocycles. The predicted octanol–water partition coefficient (Wildman–Crippen LogP) is 3.66. The number of ether oxygens (including phenoxy) is 1. The van der Waals surface area contributed by atoms with E-state index in [4.69, 9.17) is 10.5 Å². The topological polar surface area (TPSA) is 78.4 Å². The second-order valence-electron chi connectivity index (χ2n) is 5.24. The highest BCUT2D eigenvalue weighted by atomic mass is 32.2. The fraction of sp³-hybridized carbons (Fsp3) is 0.176. The average molecular weight is 328 g/mol. The van der Waals surface area contributed by atoms with E-state index in [0.717, 1.165) is 22.9 Å². The van der Waals surface area contributed by atoms with Gasteiger partial charge in [0.15, 0.2) is 5.06 Å². The Balaban J connectivity index is 1.88. The van der Waals surface area contributed by atoms with Crippen LogP contribution in [0.25, 0.3) is 0 Å². The third-order valence-electron chi connectivity index (χ3n) is 3.54. The van der Waals surface area contributed by atoms with Gasteiger partial charge in [0.05, 0.1) is 4.92 Å². The molecule has 1 unspecified atom stereocenters. The van der Waals surface area contributed by atoms with E-state index in [1.54, 1.807) is 0 Å². The van der Waals surface area contributed by atoms with Gasteiger partial charge in [-0.1, -0.05) is 60.7 Å². The zero-order valence-corrected chi connectivity index (χ0v) is 13.1. The Labute approximate surface area is 138 Å². The minimum Gasteiger partial charge on any atom is -0.338 e. The maximum atomic E-state index is 10.9. The largest absolute Gasteiger partial charge is 0.338 e. The molecule has 0 spiro atoms. The predicted molar refractivity (Wildman–Crippen MR) is 90.0 cm³/mol. The fourth-order valence-corrected chi connectivity index (χ4v) is 3.36. The molecule has 1 heterocycles. The highest BCUT2D eigenvalue weighted by Crippen LogP contribution is 2.43. The van der Waals surface area contributed by atoms with Crippen molar-refractivity contribution in [1.29, 1.82) is 0 Å². The van der Waals surface area contributed by atoms with E-state index in [9.17, 15) is 10.1 Å². The molecule has 1 atom stereocenters. The smallest absolute Gasteiger partial charge is 0.303 e. The van der Waals surface area contributed by atoms with Crippen LogP contribution in [0.1, 0.15) is 23.7 Å². The monoisotopic (exact) mass is 328 g/mol.